The van der Waals surface area contributed by atoms with Crippen LogP contribution in [-0.4, -0.2) is 28.4 Å². The third-order valence-electron chi connectivity index (χ3n) is 1.22. The number of hydrogen-bond acceptors (Lipinski definition) is 4. The van der Waals surface area contributed by atoms with Gasteiger partial charge in [-0.25, -0.2) is 9.98 Å². The fourth-order valence-electron chi connectivity index (χ4n) is 0.694. The van der Waals surface area contributed by atoms with Crippen LogP contribution >= 0.6 is 0 Å². The number of hydrogen-bond donors (Lipinski definition) is 3. The quantitative estimate of drug-likeness (QED) is 0.568. The number of nitrogens with one attached hydrogen (secondary N) is 2. The molecule has 12 heavy (non-hydrogen) atoms. The van der Waals surface area contributed by atoms with Crippen molar-refractivity contribution in [2.24, 2.45) is 10.7 Å². The molecule has 1 aromatic heterocycles. The zero-order chi connectivity index (χ0) is 8.97. The zero-order valence-electron chi connectivity index (χ0n) is 6.78. The van der Waals surface area contributed by atoms with Crippen LogP contribution in [0.4, 0.5) is 5.82 Å². The molecule has 0 aliphatic rings. The highest BCUT2D eigenvalue weighted by Crippen LogP contribution is 2.09. The summed E-state index contributed by atoms with van der Waals surface area (Å²) in [6.45, 7) is 1.82. The monoisotopic (exact) mass is 165 g/mol. The van der Waals surface area contributed by atoms with Crippen molar-refractivity contribution in [1.29, 1.82) is 5.41 Å². The highest BCUT2D eigenvalue weighted by atomic mass is 15.0. The van der Waals surface area contributed by atoms with Gasteiger partial charge in [0.25, 0.3) is 0 Å². The Kier molecular flexibility index (Phi) is 2.71. The van der Waals surface area contributed by atoms with Crippen LogP contribution in [0.2, 0.25) is 0 Å². The lowest BCUT2D eigenvalue weighted by Crippen LogP contribution is -2.15. The molecule has 5 nitrogen and oxygen atoms in total. The van der Waals surface area contributed by atoms with E-state index < -0.39 is 0 Å². The van der Waals surface area contributed by atoms with Crippen molar-refractivity contribution in [1.82, 2.24) is 9.97 Å². The Morgan fingerprint density at radius 3 is 3.17 bits per heavy atom. The Labute approximate surface area is 70.2 Å². The van der Waals surface area contributed by atoms with E-state index >= 15 is 0 Å². The average molecular weight is 165 g/mol. The van der Waals surface area contributed by atoms with Gasteiger partial charge in [-0.3, -0.25) is 0 Å². The maximum atomic E-state index is 6.99. The lowest BCUT2D eigenvalue weighted by atomic mass is 10.4. The first-order valence-corrected chi connectivity index (χ1v) is 3.57. The van der Waals surface area contributed by atoms with E-state index in [2.05, 4.69) is 15.0 Å². The van der Waals surface area contributed by atoms with Gasteiger partial charge in [-0.05, 0) is 6.92 Å². The molecule has 0 fully saturated rings. The number of aliphatic imine (C=N–C) groups is 1. The molecule has 0 aliphatic heterocycles. The predicted octanol–water partition coefficient (Wildman–Crippen LogP) is 0.457. The van der Waals surface area contributed by atoms with E-state index in [-0.39, 0.29) is 6.04 Å². The summed E-state index contributed by atoms with van der Waals surface area (Å²) in [5, 5.41) is 6.99. The molecule has 1 unspecified atom stereocenters. The second-order valence-electron chi connectivity index (χ2n) is 2.42. The molecule has 1 atom stereocenters. The van der Waals surface area contributed by atoms with Gasteiger partial charge >= 0.3 is 0 Å². The summed E-state index contributed by atoms with van der Waals surface area (Å²) in [5.74, 6) is 0.502. The van der Waals surface area contributed by atoms with E-state index in [0.717, 1.165) is 0 Å². The molecule has 1 aromatic rings. The molecule has 0 spiro atoms. The first-order chi connectivity index (χ1) is 5.74. The maximum Gasteiger partial charge on any atom is 0.178 e. The number of nitrogens with zero attached hydrogens (tertiary/aromatic N) is 2. The van der Waals surface area contributed by atoms with Gasteiger partial charge in [-0.15, -0.1) is 0 Å². The van der Waals surface area contributed by atoms with Gasteiger partial charge < -0.3 is 16.1 Å². The molecule has 0 amide bonds. The van der Waals surface area contributed by atoms with Crippen molar-refractivity contribution in [3.8, 4) is 0 Å². The second-order valence-corrected chi connectivity index (χ2v) is 2.42. The fourth-order valence-corrected chi connectivity index (χ4v) is 0.694. The summed E-state index contributed by atoms with van der Waals surface area (Å²) in [6, 6.07) is -0.0970. The molecular formula is C7H11N5. The van der Waals surface area contributed by atoms with Crippen LogP contribution in [0.1, 0.15) is 12.6 Å². The molecule has 0 bridgehead atoms. The number of imidazole rings is 1. The highest BCUT2D eigenvalue weighted by Gasteiger charge is 1.98. The van der Waals surface area contributed by atoms with Crippen LogP contribution in [0.25, 0.3) is 0 Å². The molecular weight excluding hydrogens is 154 g/mol. The van der Waals surface area contributed by atoms with Gasteiger partial charge in [0.1, 0.15) is 5.69 Å². The van der Waals surface area contributed by atoms with Crippen molar-refractivity contribution in [2.75, 3.05) is 0 Å². The summed E-state index contributed by atoms with van der Waals surface area (Å²) in [4.78, 5) is 10.7. The van der Waals surface area contributed by atoms with Crippen molar-refractivity contribution in [2.45, 2.75) is 13.0 Å². The molecule has 4 N–H and O–H groups in total. The van der Waals surface area contributed by atoms with Gasteiger partial charge in [-0.1, -0.05) is 0 Å². The molecule has 0 aromatic carbocycles. The number of nitrogens with two attached hydrogens (primary N) is 1. The summed E-state index contributed by atoms with van der Waals surface area (Å²) < 4.78 is 0. The summed E-state index contributed by atoms with van der Waals surface area (Å²) >= 11 is 0. The van der Waals surface area contributed by atoms with E-state index in [4.69, 9.17) is 11.1 Å². The number of aromatic amines is 1. The smallest absolute Gasteiger partial charge is 0.178 e. The zero-order valence-corrected chi connectivity index (χ0v) is 6.78. The molecule has 0 saturated heterocycles. The van der Waals surface area contributed by atoms with Crippen LogP contribution in [0.15, 0.2) is 11.3 Å². The van der Waals surface area contributed by atoms with Crippen LogP contribution in [0.3, 0.4) is 0 Å². The lowest BCUT2D eigenvalue weighted by molar-refractivity contribution is 0.994. The van der Waals surface area contributed by atoms with Crippen LogP contribution in [0, 0.1) is 5.41 Å². The van der Waals surface area contributed by atoms with Gasteiger partial charge in [0, 0.05) is 18.5 Å². The van der Waals surface area contributed by atoms with Crippen LogP contribution in [0.5, 0.6) is 0 Å². The Hall–Kier alpha value is -1.49. The van der Waals surface area contributed by atoms with Crippen molar-refractivity contribution < 1.29 is 0 Å². The molecule has 64 valence electrons. The minimum atomic E-state index is -0.0970. The van der Waals surface area contributed by atoms with E-state index in [1.165, 1.54) is 12.5 Å². The standard InChI is InChI=1S/C7H11N5/c1-5(9)3-10-7-6(2-8)11-4-12-7/h2-5,8H,9H2,1H3,(H,11,12). The van der Waals surface area contributed by atoms with E-state index in [1.807, 2.05) is 6.92 Å². The molecule has 1 heterocycles. The molecule has 0 radical (unpaired) electrons. The molecule has 0 aliphatic carbocycles. The van der Waals surface area contributed by atoms with Crippen LogP contribution < -0.4 is 5.73 Å². The largest absolute Gasteiger partial charge is 0.342 e. The topological polar surface area (TPSA) is 90.9 Å². The molecule has 0 saturated carbocycles. The Morgan fingerprint density at radius 2 is 2.58 bits per heavy atom. The molecule has 1 rings (SSSR count). The van der Waals surface area contributed by atoms with Gasteiger partial charge in [0.05, 0.1) is 6.33 Å². The number of H-pyrrole nitrogens is 1. The third kappa shape index (κ3) is 2.00. The maximum absolute atomic E-state index is 6.99. The predicted molar refractivity (Wildman–Crippen MR) is 48.3 cm³/mol. The minimum Gasteiger partial charge on any atom is -0.342 e. The fraction of sp³-hybridized carbons (Fsp3) is 0.286. The molecule has 5 heteroatoms. The average Bonchev–Trinajstić information content (AvgIpc) is 2.47. The number of rotatable bonds is 3. The second kappa shape index (κ2) is 3.77. The number of aromatic nitrogens is 2. The minimum absolute atomic E-state index is 0.0970. The van der Waals surface area contributed by atoms with E-state index in [1.54, 1.807) is 6.21 Å². The van der Waals surface area contributed by atoms with Gasteiger partial charge in [0.2, 0.25) is 0 Å². The summed E-state index contributed by atoms with van der Waals surface area (Å²) in [7, 11) is 0. The first-order valence-electron chi connectivity index (χ1n) is 3.57. The third-order valence-corrected chi connectivity index (χ3v) is 1.22. The van der Waals surface area contributed by atoms with E-state index in [0.29, 0.717) is 11.5 Å². The van der Waals surface area contributed by atoms with Crippen molar-refractivity contribution in [3.05, 3.63) is 12.0 Å². The lowest BCUT2D eigenvalue weighted by Gasteiger charge is -1.92. The van der Waals surface area contributed by atoms with E-state index in [9.17, 15) is 0 Å². The summed E-state index contributed by atoms with van der Waals surface area (Å²) in [5.41, 5.74) is 6.05. The SMILES string of the molecule is CC(N)C=Nc1nc[nH]c1C=N. The highest BCUT2D eigenvalue weighted by molar-refractivity contribution is 5.82. The Morgan fingerprint density at radius 1 is 1.83 bits per heavy atom. The van der Waals surface area contributed by atoms with Crippen molar-refractivity contribution >= 4 is 18.2 Å². The van der Waals surface area contributed by atoms with Gasteiger partial charge in [-0.2, -0.15) is 0 Å². The Balaban J connectivity index is 2.81. The van der Waals surface area contributed by atoms with Crippen molar-refractivity contribution in [3.63, 3.8) is 0 Å². The first kappa shape index (κ1) is 8.61. The normalized spacial score (nSPS) is 13.5. The summed E-state index contributed by atoms with van der Waals surface area (Å²) in [6.07, 6.45) is 4.25. The Bertz CT molecular complexity index is 286. The van der Waals surface area contributed by atoms with Crippen LogP contribution in [-0.2, 0) is 0 Å². The van der Waals surface area contributed by atoms with Gasteiger partial charge in [0.15, 0.2) is 5.82 Å².